The Morgan fingerprint density at radius 1 is 0.906 bits per heavy atom. The summed E-state index contributed by atoms with van der Waals surface area (Å²) in [5, 5.41) is 12.0. The van der Waals surface area contributed by atoms with Crippen LogP contribution in [0.25, 0.3) is 0 Å². The number of carbonyl (C=O) groups is 2. The number of rotatable bonds is 24. The third-order valence-corrected chi connectivity index (χ3v) is 9.97. The van der Waals surface area contributed by atoms with Gasteiger partial charge in [-0.1, -0.05) is 70.6 Å². The van der Waals surface area contributed by atoms with Gasteiger partial charge in [-0.25, -0.2) is 4.79 Å². The Balaban J connectivity index is 2.52. The first kappa shape index (κ1) is 46.9. The van der Waals surface area contributed by atoms with Gasteiger partial charge in [-0.2, -0.15) is 0 Å². The van der Waals surface area contributed by atoms with Gasteiger partial charge in [0, 0.05) is 12.3 Å². The molecule has 11 heteroatoms. The SMILES string of the molecule is C=C(C(O)C[C@@H](C(=O)OC(C)(C)C)[C@@](CCOCc1ccc(OC)cc1)(O[Si](C)(C)C)C(=O)OC(C)(C)C)C(CCCCCCCCC)C1OCCO1. The summed E-state index contributed by atoms with van der Waals surface area (Å²) < 4.78 is 42.2. The topological polar surface area (TPSA) is 119 Å². The first-order chi connectivity index (χ1) is 24.7. The molecule has 0 radical (unpaired) electrons. The molecule has 1 fully saturated rings. The Morgan fingerprint density at radius 3 is 2.00 bits per heavy atom. The molecule has 2 unspecified atom stereocenters. The molecule has 304 valence electrons. The highest BCUT2D eigenvalue weighted by atomic mass is 28.4. The molecule has 0 saturated carbocycles. The van der Waals surface area contributed by atoms with Crippen LogP contribution in [-0.4, -0.2) is 81.5 Å². The molecule has 4 atom stereocenters. The van der Waals surface area contributed by atoms with E-state index in [9.17, 15) is 14.7 Å². The van der Waals surface area contributed by atoms with Crippen LogP contribution in [0.2, 0.25) is 19.6 Å². The normalized spacial score (nSPS) is 17.1. The quantitative estimate of drug-likeness (QED) is 0.0473. The summed E-state index contributed by atoms with van der Waals surface area (Å²) in [5.41, 5.74) is -2.20. The Morgan fingerprint density at radius 2 is 1.47 bits per heavy atom. The smallest absolute Gasteiger partial charge is 0.338 e. The van der Waals surface area contributed by atoms with Crippen molar-refractivity contribution in [3.63, 3.8) is 0 Å². The second-order valence-electron chi connectivity index (χ2n) is 17.3. The van der Waals surface area contributed by atoms with Crippen molar-refractivity contribution in [2.45, 2.75) is 168 Å². The molecule has 0 aromatic heterocycles. The van der Waals surface area contributed by atoms with Gasteiger partial charge < -0.3 is 38.0 Å². The van der Waals surface area contributed by atoms with Crippen LogP contribution in [0, 0.1) is 11.8 Å². The lowest BCUT2D eigenvalue weighted by atomic mass is 9.77. The van der Waals surface area contributed by atoms with E-state index >= 15 is 0 Å². The van der Waals surface area contributed by atoms with Gasteiger partial charge in [0.15, 0.2) is 20.2 Å². The second kappa shape index (κ2) is 21.7. The first-order valence-electron chi connectivity index (χ1n) is 19.7. The maximum Gasteiger partial charge on any atom is 0.338 e. The molecule has 1 heterocycles. The lowest BCUT2D eigenvalue weighted by Crippen LogP contribution is -2.59. The minimum absolute atomic E-state index is 0.0122. The van der Waals surface area contributed by atoms with Gasteiger partial charge in [0.1, 0.15) is 17.0 Å². The summed E-state index contributed by atoms with van der Waals surface area (Å²) in [4.78, 5) is 29.1. The van der Waals surface area contributed by atoms with Crippen LogP contribution < -0.4 is 4.74 Å². The van der Waals surface area contributed by atoms with Gasteiger partial charge >= 0.3 is 11.9 Å². The minimum Gasteiger partial charge on any atom is -0.497 e. The predicted octanol–water partition coefficient (Wildman–Crippen LogP) is 8.93. The summed E-state index contributed by atoms with van der Waals surface area (Å²) in [5.74, 6) is -2.19. The number of aliphatic hydroxyl groups excluding tert-OH is 1. The van der Waals surface area contributed by atoms with Crippen LogP contribution in [-0.2, 0) is 44.3 Å². The molecule has 2 rings (SSSR count). The maximum absolute atomic E-state index is 14.6. The molecule has 0 bridgehead atoms. The zero-order chi connectivity index (χ0) is 39.9. The molecule has 1 N–H and O–H groups in total. The van der Waals surface area contributed by atoms with Gasteiger partial charge in [-0.15, -0.1) is 0 Å². The van der Waals surface area contributed by atoms with Crippen molar-refractivity contribution in [3.05, 3.63) is 42.0 Å². The van der Waals surface area contributed by atoms with Gasteiger partial charge in [-0.05, 0) is 97.3 Å². The Kier molecular flexibility index (Phi) is 19.2. The lowest BCUT2D eigenvalue weighted by molar-refractivity contribution is -0.195. The molecular weight excluding hydrogens is 693 g/mol. The fourth-order valence-corrected chi connectivity index (χ4v) is 7.95. The molecule has 1 aromatic carbocycles. The van der Waals surface area contributed by atoms with E-state index in [0.717, 1.165) is 30.6 Å². The highest BCUT2D eigenvalue weighted by molar-refractivity contribution is 6.70. The van der Waals surface area contributed by atoms with E-state index in [2.05, 4.69) is 13.5 Å². The Hall–Kier alpha value is -2.28. The molecule has 0 spiro atoms. The van der Waals surface area contributed by atoms with Crippen molar-refractivity contribution in [2.75, 3.05) is 26.9 Å². The molecule has 1 aliphatic heterocycles. The van der Waals surface area contributed by atoms with E-state index in [1.165, 1.54) is 25.7 Å². The number of aliphatic hydroxyl groups is 1. The van der Waals surface area contributed by atoms with Gasteiger partial charge in [0.25, 0.3) is 0 Å². The third kappa shape index (κ3) is 17.0. The van der Waals surface area contributed by atoms with E-state index in [0.29, 0.717) is 25.2 Å². The molecule has 1 saturated heterocycles. The summed E-state index contributed by atoms with van der Waals surface area (Å²) in [6.45, 7) is 24.4. The van der Waals surface area contributed by atoms with Gasteiger partial charge in [-0.3, -0.25) is 4.79 Å². The van der Waals surface area contributed by atoms with Crippen LogP contribution in [0.3, 0.4) is 0 Å². The third-order valence-electron chi connectivity index (χ3n) is 8.99. The zero-order valence-corrected chi connectivity index (χ0v) is 35.8. The Labute approximate surface area is 321 Å². The highest BCUT2D eigenvalue weighted by Crippen LogP contribution is 2.40. The number of ether oxygens (including phenoxy) is 6. The average Bonchev–Trinajstić information content (AvgIpc) is 3.59. The lowest BCUT2D eigenvalue weighted by Gasteiger charge is -2.44. The predicted molar refractivity (Wildman–Crippen MR) is 211 cm³/mol. The maximum atomic E-state index is 14.6. The van der Waals surface area contributed by atoms with Crippen molar-refractivity contribution >= 4 is 20.3 Å². The monoisotopic (exact) mass is 764 g/mol. The van der Waals surface area contributed by atoms with Crippen molar-refractivity contribution < 1.29 is 47.5 Å². The molecular formula is C42H72O10Si. The van der Waals surface area contributed by atoms with Crippen molar-refractivity contribution in [2.24, 2.45) is 11.8 Å². The second-order valence-corrected chi connectivity index (χ2v) is 21.7. The van der Waals surface area contributed by atoms with E-state index < -0.39 is 55.4 Å². The highest BCUT2D eigenvalue weighted by Gasteiger charge is 2.56. The van der Waals surface area contributed by atoms with Crippen molar-refractivity contribution in [1.29, 1.82) is 0 Å². The fourth-order valence-electron chi connectivity index (χ4n) is 6.53. The van der Waals surface area contributed by atoms with Crippen LogP contribution in [0.15, 0.2) is 36.4 Å². The summed E-state index contributed by atoms with van der Waals surface area (Å²) >= 11 is 0. The summed E-state index contributed by atoms with van der Waals surface area (Å²) in [6, 6.07) is 7.52. The van der Waals surface area contributed by atoms with Crippen LogP contribution in [0.1, 0.15) is 118 Å². The fraction of sp³-hybridized carbons (Fsp3) is 0.762. The molecule has 1 aromatic rings. The largest absolute Gasteiger partial charge is 0.497 e. The first-order valence-corrected chi connectivity index (χ1v) is 23.1. The van der Waals surface area contributed by atoms with Gasteiger partial charge in [0.2, 0.25) is 0 Å². The number of hydrogen-bond acceptors (Lipinski definition) is 10. The van der Waals surface area contributed by atoms with Crippen molar-refractivity contribution in [3.8, 4) is 5.75 Å². The standard InChI is InChI=1S/C42H72O10Si/c1-13-14-15-16-17-18-19-20-34(38-48-27-28-49-38)31(2)36(43)29-35(37(44)50-40(3,4)5)42(52-53(10,11)12,39(45)51-41(6,7)8)25-26-47-30-32-21-23-33(46-9)24-22-32/h21-24,34-36,38,43H,2,13-20,25-30H2,1,3-12H3/t34?,35-,36?,42+/m0/s1. The van der Waals surface area contributed by atoms with E-state index in [-0.39, 0.29) is 32.0 Å². The molecule has 10 nitrogen and oxygen atoms in total. The molecule has 0 amide bonds. The molecule has 53 heavy (non-hydrogen) atoms. The Bertz CT molecular complexity index is 1240. The summed E-state index contributed by atoms with van der Waals surface area (Å²) in [6.07, 6.45) is 6.77. The zero-order valence-electron chi connectivity index (χ0n) is 34.8. The van der Waals surface area contributed by atoms with Crippen LogP contribution in [0.5, 0.6) is 5.75 Å². The average molecular weight is 765 g/mol. The number of esters is 2. The van der Waals surface area contributed by atoms with Crippen LogP contribution in [0.4, 0.5) is 0 Å². The van der Waals surface area contributed by atoms with E-state index in [4.69, 9.17) is 32.8 Å². The number of unbranched alkanes of at least 4 members (excludes halogenated alkanes) is 6. The van der Waals surface area contributed by atoms with Crippen molar-refractivity contribution in [1.82, 2.24) is 0 Å². The number of carbonyl (C=O) groups excluding carboxylic acids is 2. The van der Waals surface area contributed by atoms with E-state index in [1.807, 2.05) is 43.9 Å². The van der Waals surface area contributed by atoms with E-state index in [1.54, 1.807) is 48.7 Å². The number of methoxy groups -OCH3 is 1. The summed E-state index contributed by atoms with van der Waals surface area (Å²) in [7, 11) is -0.999. The number of hydrogen-bond donors (Lipinski definition) is 1. The number of benzene rings is 1. The molecule has 0 aliphatic carbocycles. The van der Waals surface area contributed by atoms with Gasteiger partial charge in [0.05, 0.1) is 45.6 Å². The van der Waals surface area contributed by atoms with Crippen LogP contribution >= 0.6 is 0 Å². The molecule has 1 aliphatic rings. The minimum atomic E-state index is -2.61.